The summed E-state index contributed by atoms with van der Waals surface area (Å²) in [4.78, 5) is 2.28. The topological polar surface area (TPSA) is 12.0 Å². The highest BCUT2D eigenvalue weighted by Gasteiger charge is 2.12. The minimum Gasteiger partial charge on any atom is -0.310 e. The molecule has 0 saturated heterocycles. The Morgan fingerprint density at radius 1 is 1.17 bits per heavy atom. The third-order valence-electron chi connectivity index (χ3n) is 2.97. The van der Waals surface area contributed by atoms with Crippen molar-refractivity contribution < 1.29 is 4.39 Å². The van der Waals surface area contributed by atoms with E-state index in [-0.39, 0.29) is 5.82 Å². The minimum absolute atomic E-state index is 0.151. The molecule has 1 atom stereocenters. The van der Waals surface area contributed by atoms with Crippen LogP contribution in [-0.4, -0.2) is 6.54 Å². The molecule has 2 aromatic rings. The van der Waals surface area contributed by atoms with Gasteiger partial charge in [0, 0.05) is 21.4 Å². The molecule has 18 heavy (non-hydrogen) atoms. The zero-order chi connectivity index (χ0) is 13.0. The van der Waals surface area contributed by atoms with Crippen LogP contribution < -0.4 is 5.32 Å². The SMILES string of the molecule is CCNC(CC)c1ccc(-c2ccccc2F)s1. The number of rotatable bonds is 5. The molecule has 0 fully saturated rings. The Hall–Kier alpha value is -1.19. The second kappa shape index (κ2) is 6.12. The molecule has 1 nitrogen and oxygen atoms in total. The standard InChI is InChI=1S/C15H18FNS/c1-3-13(17-4-2)15-10-9-14(18-15)11-7-5-6-8-12(11)16/h5-10,13,17H,3-4H2,1-2H3. The molecule has 96 valence electrons. The van der Waals surface area contributed by atoms with E-state index in [4.69, 9.17) is 0 Å². The van der Waals surface area contributed by atoms with Crippen LogP contribution in [0.15, 0.2) is 36.4 Å². The Morgan fingerprint density at radius 2 is 1.94 bits per heavy atom. The van der Waals surface area contributed by atoms with E-state index in [2.05, 4.69) is 25.2 Å². The summed E-state index contributed by atoms with van der Waals surface area (Å²) >= 11 is 1.67. The maximum atomic E-state index is 13.7. The van der Waals surface area contributed by atoms with Gasteiger partial charge in [0.05, 0.1) is 0 Å². The zero-order valence-corrected chi connectivity index (χ0v) is 11.6. The van der Waals surface area contributed by atoms with Gasteiger partial charge < -0.3 is 5.32 Å². The van der Waals surface area contributed by atoms with Crippen LogP contribution in [-0.2, 0) is 0 Å². The third kappa shape index (κ3) is 2.79. The van der Waals surface area contributed by atoms with Gasteiger partial charge in [0.1, 0.15) is 5.82 Å². The summed E-state index contributed by atoms with van der Waals surface area (Å²) < 4.78 is 13.7. The second-order valence-corrected chi connectivity index (χ2v) is 5.32. The van der Waals surface area contributed by atoms with Gasteiger partial charge in [-0.1, -0.05) is 32.0 Å². The van der Waals surface area contributed by atoms with Gasteiger partial charge in [-0.2, -0.15) is 0 Å². The second-order valence-electron chi connectivity index (χ2n) is 4.20. The van der Waals surface area contributed by atoms with E-state index in [0.717, 1.165) is 17.8 Å². The van der Waals surface area contributed by atoms with Gasteiger partial charge in [-0.25, -0.2) is 4.39 Å². The van der Waals surface area contributed by atoms with Crippen LogP contribution in [0.25, 0.3) is 10.4 Å². The fourth-order valence-corrected chi connectivity index (χ4v) is 3.23. The summed E-state index contributed by atoms with van der Waals surface area (Å²) in [5.41, 5.74) is 0.695. The van der Waals surface area contributed by atoms with Crippen LogP contribution in [0.5, 0.6) is 0 Å². The number of hydrogen-bond donors (Lipinski definition) is 1. The van der Waals surface area contributed by atoms with Crippen LogP contribution in [0.4, 0.5) is 4.39 Å². The first kappa shape index (κ1) is 13.2. The number of hydrogen-bond acceptors (Lipinski definition) is 2. The predicted octanol–water partition coefficient (Wildman–Crippen LogP) is 4.61. The van der Waals surface area contributed by atoms with Gasteiger partial charge in [0.25, 0.3) is 0 Å². The molecule has 1 heterocycles. The van der Waals surface area contributed by atoms with Crippen LogP contribution in [0.2, 0.25) is 0 Å². The van der Waals surface area contributed by atoms with Gasteiger partial charge in [-0.05, 0) is 31.2 Å². The average Bonchev–Trinajstić information content (AvgIpc) is 2.85. The predicted molar refractivity (Wildman–Crippen MR) is 76.4 cm³/mol. The third-order valence-corrected chi connectivity index (χ3v) is 4.20. The van der Waals surface area contributed by atoms with Crippen molar-refractivity contribution in [3.05, 3.63) is 47.1 Å². The highest BCUT2D eigenvalue weighted by molar-refractivity contribution is 7.15. The van der Waals surface area contributed by atoms with E-state index >= 15 is 0 Å². The zero-order valence-electron chi connectivity index (χ0n) is 10.7. The first-order valence-electron chi connectivity index (χ1n) is 6.34. The molecule has 1 N–H and O–H groups in total. The average molecular weight is 263 g/mol. The van der Waals surface area contributed by atoms with Crippen molar-refractivity contribution in [2.75, 3.05) is 6.54 Å². The van der Waals surface area contributed by atoms with E-state index in [1.165, 1.54) is 10.9 Å². The minimum atomic E-state index is -0.151. The highest BCUT2D eigenvalue weighted by atomic mass is 32.1. The van der Waals surface area contributed by atoms with Gasteiger partial charge in [0.15, 0.2) is 0 Å². The molecular weight excluding hydrogens is 245 g/mol. The van der Waals surface area contributed by atoms with E-state index in [9.17, 15) is 4.39 Å². The lowest BCUT2D eigenvalue weighted by molar-refractivity contribution is 0.545. The van der Waals surface area contributed by atoms with Crippen molar-refractivity contribution in [1.29, 1.82) is 0 Å². The van der Waals surface area contributed by atoms with E-state index in [1.807, 2.05) is 18.2 Å². The molecule has 0 aliphatic heterocycles. The molecule has 1 unspecified atom stereocenters. The van der Waals surface area contributed by atoms with Crippen LogP contribution in [0.3, 0.4) is 0 Å². The molecule has 1 aromatic heterocycles. The molecule has 0 bridgehead atoms. The summed E-state index contributed by atoms with van der Waals surface area (Å²) in [6.07, 6.45) is 1.05. The molecule has 0 aliphatic rings. The molecular formula is C15H18FNS. The lowest BCUT2D eigenvalue weighted by Crippen LogP contribution is -2.18. The number of halogens is 1. The molecule has 0 amide bonds. The first-order valence-corrected chi connectivity index (χ1v) is 7.16. The quantitative estimate of drug-likeness (QED) is 0.830. The highest BCUT2D eigenvalue weighted by Crippen LogP contribution is 2.33. The largest absolute Gasteiger partial charge is 0.310 e. The van der Waals surface area contributed by atoms with Gasteiger partial charge >= 0.3 is 0 Å². The summed E-state index contributed by atoms with van der Waals surface area (Å²) in [6, 6.07) is 11.4. The fourth-order valence-electron chi connectivity index (χ4n) is 2.04. The summed E-state index contributed by atoms with van der Waals surface area (Å²) in [7, 11) is 0. The molecule has 0 aliphatic carbocycles. The fraction of sp³-hybridized carbons (Fsp3) is 0.333. The maximum Gasteiger partial charge on any atom is 0.131 e. The number of thiophene rings is 1. The molecule has 1 aromatic carbocycles. The maximum absolute atomic E-state index is 13.7. The summed E-state index contributed by atoms with van der Waals surface area (Å²) in [5.74, 6) is -0.151. The number of benzene rings is 1. The lowest BCUT2D eigenvalue weighted by Gasteiger charge is -2.13. The lowest BCUT2D eigenvalue weighted by atomic mass is 10.1. The van der Waals surface area contributed by atoms with Crippen LogP contribution >= 0.6 is 11.3 Å². The van der Waals surface area contributed by atoms with Crippen molar-refractivity contribution in [1.82, 2.24) is 5.32 Å². The van der Waals surface area contributed by atoms with Crippen molar-refractivity contribution >= 4 is 11.3 Å². The Kier molecular flexibility index (Phi) is 4.50. The van der Waals surface area contributed by atoms with Gasteiger partial charge in [-0.3, -0.25) is 0 Å². The van der Waals surface area contributed by atoms with Crippen molar-refractivity contribution in [3.63, 3.8) is 0 Å². The summed E-state index contributed by atoms with van der Waals surface area (Å²) in [5, 5.41) is 3.44. The smallest absolute Gasteiger partial charge is 0.131 e. The Labute approximate surface area is 112 Å². The Morgan fingerprint density at radius 3 is 2.61 bits per heavy atom. The molecule has 2 rings (SSSR count). The first-order chi connectivity index (χ1) is 8.76. The molecule has 3 heteroatoms. The Balaban J connectivity index is 2.28. The van der Waals surface area contributed by atoms with Crippen molar-refractivity contribution in [2.45, 2.75) is 26.3 Å². The molecule has 0 spiro atoms. The van der Waals surface area contributed by atoms with E-state index in [0.29, 0.717) is 11.6 Å². The Bertz CT molecular complexity index is 507. The van der Waals surface area contributed by atoms with Crippen molar-refractivity contribution in [2.24, 2.45) is 0 Å². The number of nitrogens with one attached hydrogen (secondary N) is 1. The van der Waals surface area contributed by atoms with Gasteiger partial charge in [-0.15, -0.1) is 11.3 Å². The normalized spacial score (nSPS) is 12.6. The molecule has 0 radical (unpaired) electrons. The van der Waals surface area contributed by atoms with Gasteiger partial charge in [0.2, 0.25) is 0 Å². The van der Waals surface area contributed by atoms with E-state index < -0.39 is 0 Å². The van der Waals surface area contributed by atoms with Crippen molar-refractivity contribution in [3.8, 4) is 10.4 Å². The van der Waals surface area contributed by atoms with Crippen LogP contribution in [0, 0.1) is 5.82 Å². The van der Waals surface area contributed by atoms with E-state index in [1.54, 1.807) is 17.4 Å². The molecule has 0 saturated carbocycles. The monoisotopic (exact) mass is 263 g/mol. The summed E-state index contributed by atoms with van der Waals surface area (Å²) in [6.45, 7) is 5.22. The van der Waals surface area contributed by atoms with Crippen LogP contribution in [0.1, 0.15) is 31.2 Å².